The van der Waals surface area contributed by atoms with Gasteiger partial charge < -0.3 is 13.3 Å². The van der Waals surface area contributed by atoms with Crippen LogP contribution in [-0.2, 0) is 37.4 Å². The number of imidazole rings is 3. The largest absolute Gasteiger partial charge is 0.440 e. The first-order chi connectivity index (χ1) is 53.6. The molecule has 6 heterocycles. The highest BCUT2D eigenvalue weighted by molar-refractivity contribution is 5.95. The maximum Gasteiger partial charge on any atom is 0.295 e. The molecule has 112 heavy (non-hydrogen) atoms. The van der Waals surface area contributed by atoms with Crippen LogP contribution in [0.25, 0.3) is 151 Å². The van der Waals surface area contributed by atoms with Crippen LogP contribution in [0.2, 0.25) is 0 Å². The fourth-order valence-electron chi connectivity index (χ4n) is 16.0. The van der Waals surface area contributed by atoms with E-state index in [1.54, 1.807) is 0 Å². The summed E-state index contributed by atoms with van der Waals surface area (Å²) in [6, 6.07) is 88.8. The molecular weight excluding hydrogens is 1380 g/mol. The van der Waals surface area contributed by atoms with Gasteiger partial charge >= 0.3 is 0 Å². The molecule has 12 aromatic carbocycles. The van der Waals surface area contributed by atoms with Crippen LogP contribution >= 0.6 is 0 Å². The van der Waals surface area contributed by atoms with E-state index in [-0.39, 0.29) is 16.2 Å². The van der Waals surface area contributed by atoms with E-state index in [0.29, 0.717) is 11.8 Å². The summed E-state index contributed by atoms with van der Waals surface area (Å²) < 4.78 is 33.0. The molecule has 0 aliphatic heterocycles. The zero-order valence-corrected chi connectivity index (χ0v) is 68.1. The molecule has 0 aliphatic rings. The average molecular weight is 1480 g/mol. The molecule has 560 valence electrons. The van der Waals surface area contributed by atoms with Crippen molar-refractivity contribution < 1.29 is 27.0 Å². The van der Waals surface area contributed by atoms with Crippen molar-refractivity contribution in [3.63, 3.8) is 0 Å². The van der Waals surface area contributed by atoms with Crippen molar-refractivity contribution in [1.82, 2.24) is 28.7 Å². The molecule has 12 heteroatoms. The van der Waals surface area contributed by atoms with E-state index >= 15 is 0 Å². The number of benzene rings is 12. The van der Waals surface area contributed by atoms with Crippen LogP contribution in [0.5, 0.6) is 0 Å². The second-order valence-electron chi connectivity index (χ2n) is 33.9. The summed E-state index contributed by atoms with van der Waals surface area (Å²) in [4.78, 5) is 14.4. The molecule has 12 nitrogen and oxygen atoms in total. The van der Waals surface area contributed by atoms with Crippen molar-refractivity contribution in [2.45, 2.75) is 139 Å². The second kappa shape index (κ2) is 28.5. The summed E-state index contributed by atoms with van der Waals surface area (Å²) in [5.74, 6) is 6.30. The Morgan fingerprint density at radius 3 is 1.09 bits per heavy atom. The molecule has 0 saturated carbocycles. The Morgan fingerprint density at radius 2 is 0.670 bits per heavy atom. The SMILES string of the molecule is Cc1cc2nc(C(C)(C)C)oc2cc1-c1n(-c2c(C(C)C)cc(-c3ccccc3)cc2C(C)C)c2ccccc2[n+]1C.Cc1cc2nc(C(C)(C)C)oc2cc1-c1n(-c2ccc(-c3ccccc3)cc2)c2ccccc2[n+]1C.Cc1cc2nc(C(C)(C)C)oc2cc1-c1n(-c2cccc3ccccc23)c2ccccc2[n+]1C. The number of oxazole rings is 3. The van der Waals surface area contributed by atoms with Gasteiger partial charge in [-0.15, -0.1) is 0 Å². The molecular formula is C100H100N9O3+3. The van der Waals surface area contributed by atoms with E-state index in [2.05, 4.69) is 402 Å². The Balaban J connectivity index is 0.000000128. The summed E-state index contributed by atoms with van der Waals surface area (Å²) in [6.45, 7) is 34.9. The lowest BCUT2D eigenvalue weighted by Gasteiger charge is -2.21. The topological polar surface area (TPSA) is 105 Å². The van der Waals surface area contributed by atoms with Gasteiger partial charge in [0.1, 0.15) is 33.6 Å². The van der Waals surface area contributed by atoms with Crippen molar-refractivity contribution in [1.29, 1.82) is 0 Å². The van der Waals surface area contributed by atoms with E-state index in [0.717, 1.165) is 108 Å². The summed E-state index contributed by atoms with van der Waals surface area (Å²) in [6.07, 6.45) is 0. The van der Waals surface area contributed by atoms with Crippen molar-refractivity contribution in [2.24, 2.45) is 21.1 Å². The lowest BCUT2D eigenvalue weighted by Crippen LogP contribution is -2.30. The van der Waals surface area contributed by atoms with E-state index in [1.165, 1.54) is 88.6 Å². The first-order valence-corrected chi connectivity index (χ1v) is 39.2. The molecule has 0 fully saturated rings. The van der Waals surface area contributed by atoms with Crippen molar-refractivity contribution in [3.05, 3.63) is 294 Å². The van der Waals surface area contributed by atoms with Gasteiger partial charge in [0.2, 0.25) is 17.7 Å². The highest BCUT2D eigenvalue weighted by atomic mass is 16.4. The fraction of sp³-hybridized carbons (Fsp3) is 0.240. The molecule has 6 aromatic heterocycles. The van der Waals surface area contributed by atoms with Crippen molar-refractivity contribution in [2.75, 3.05) is 0 Å². The predicted octanol–water partition coefficient (Wildman–Crippen LogP) is 24.3. The van der Waals surface area contributed by atoms with Gasteiger partial charge in [0.05, 0.1) is 37.8 Å². The Hall–Kier alpha value is -12.3. The number of hydrogen-bond acceptors (Lipinski definition) is 6. The molecule has 0 radical (unpaired) electrons. The molecule has 0 atom stereocenters. The van der Waals surface area contributed by atoms with Crippen LogP contribution in [0.4, 0.5) is 0 Å². The summed E-state index contributed by atoms with van der Waals surface area (Å²) >= 11 is 0. The lowest BCUT2D eigenvalue weighted by atomic mass is 9.88. The Bertz CT molecular complexity index is 6600. The van der Waals surface area contributed by atoms with Crippen LogP contribution in [-0.4, -0.2) is 28.7 Å². The number of aromatic nitrogens is 9. The number of para-hydroxylation sites is 6. The smallest absolute Gasteiger partial charge is 0.295 e. The van der Waals surface area contributed by atoms with Gasteiger partial charge in [0, 0.05) is 32.8 Å². The second-order valence-corrected chi connectivity index (χ2v) is 33.9. The molecule has 0 spiro atoms. The first-order valence-electron chi connectivity index (χ1n) is 39.2. The minimum Gasteiger partial charge on any atom is -0.440 e. The van der Waals surface area contributed by atoms with Crippen LogP contribution < -0.4 is 13.7 Å². The Kier molecular flexibility index (Phi) is 18.8. The molecule has 18 aromatic rings. The maximum atomic E-state index is 6.37. The Labute approximate surface area is 656 Å². The molecule has 18 rings (SSSR count). The third-order valence-electron chi connectivity index (χ3n) is 21.9. The normalized spacial score (nSPS) is 12.2. The third kappa shape index (κ3) is 13.3. The average Bonchev–Trinajstić information content (AvgIpc) is 1.57. The van der Waals surface area contributed by atoms with Gasteiger partial charge in [-0.2, -0.15) is 13.7 Å². The first kappa shape index (κ1) is 73.8. The van der Waals surface area contributed by atoms with E-state index in [1.807, 2.05) is 6.07 Å². The highest BCUT2D eigenvalue weighted by Crippen LogP contribution is 2.43. The van der Waals surface area contributed by atoms with Gasteiger partial charge in [0.25, 0.3) is 17.5 Å². The number of aryl methyl sites for hydroxylation is 6. The van der Waals surface area contributed by atoms with Crippen LogP contribution in [0, 0.1) is 20.8 Å². The summed E-state index contributed by atoms with van der Waals surface area (Å²) in [5, 5.41) is 2.45. The van der Waals surface area contributed by atoms with Crippen molar-refractivity contribution in [3.8, 4) is 73.5 Å². The molecule has 0 aliphatic carbocycles. The molecule has 0 bridgehead atoms. The maximum absolute atomic E-state index is 6.37. The molecule has 0 saturated heterocycles. The zero-order valence-electron chi connectivity index (χ0n) is 68.1. The number of rotatable bonds is 10. The molecule has 0 N–H and O–H groups in total. The number of fused-ring (bicyclic) bond motifs is 7. The zero-order chi connectivity index (χ0) is 78.6. The van der Waals surface area contributed by atoms with Crippen LogP contribution in [0.1, 0.15) is 147 Å². The third-order valence-corrected chi connectivity index (χ3v) is 21.9. The Morgan fingerprint density at radius 1 is 0.330 bits per heavy atom. The number of nitrogens with zero attached hydrogens (tertiary/aromatic N) is 9. The predicted molar refractivity (Wildman–Crippen MR) is 459 cm³/mol. The summed E-state index contributed by atoms with van der Waals surface area (Å²) in [5.41, 5.74) is 29.9. The van der Waals surface area contributed by atoms with Gasteiger partial charge in [-0.25, -0.2) is 28.7 Å². The van der Waals surface area contributed by atoms with Gasteiger partial charge in [-0.3, -0.25) is 0 Å². The quantitative estimate of drug-likeness (QED) is 0.126. The van der Waals surface area contributed by atoms with Crippen LogP contribution in [0.15, 0.2) is 262 Å². The van der Waals surface area contributed by atoms with Gasteiger partial charge in [0.15, 0.2) is 49.8 Å². The minimum absolute atomic E-state index is 0.143. The lowest BCUT2D eigenvalue weighted by molar-refractivity contribution is -0.634. The van der Waals surface area contributed by atoms with Crippen LogP contribution in [0.3, 0.4) is 0 Å². The van der Waals surface area contributed by atoms with E-state index < -0.39 is 0 Å². The summed E-state index contributed by atoms with van der Waals surface area (Å²) in [7, 11) is 6.46. The minimum atomic E-state index is -0.161. The van der Waals surface area contributed by atoms with Crippen molar-refractivity contribution >= 4 is 77.2 Å². The van der Waals surface area contributed by atoms with E-state index in [4.69, 9.17) is 28.2 Å². The number of hydrogen-bond donors (Lipinski definition) is 0. The molecule has 0 amide bonds. The van der Waals surface area contributed by atoms with E-state index in [9.17, 15) is 0 Å². The monoisotopic (exact) mass is 1470 g/mol. The standard InChI is InChI=1S/C38H42N3O.C32H30N3O.C30H28N3O/c1-23(2)28-20-27(26-15-11-10-12-16-26)21-29(24(3)4)35(28)41-33-18-14-13-17-32(33)40(9)36(41)30-22-34-31(19-25(30)5)39-37(42-34)38(6,7)8;1-21-19-26-29(36-31(33-26)32(2,3)4)20-25(21)30-34(5)27-13-9-10-14-28(27)35(30)24-17-15-23(16-18-24)22-11-7-6-8-12-22;1-19-17-23-27(34-29(31-23)30(2,3)4)18-22(19)28-32(5)25-14-8-9-15-26(25)33(28)24-16-10-12-20-11-6-7-13-21(20)24/h10-24H,1-9H3;6-20H,1-5H3;6-18H,1-5H3/q3*+1. The highest BCUT2D eigenvalue weighted by Gasteiger charge is 2.36. The van der Waals surface area contributed by atoms with Gasteiger partial charge in [-0.05, 0) is 180 Å². The fourth-order valence-corrected chi connectivity index (χ4v) is 16.0. The van der Waals surface area contributed by atoms with Gasteiger partial charge in [-0.1, -0.05) is 236 Å². The molecule has 0 unspecified atom stereocenters.